The number of aryl methyl sites for hydroxylation is 1. The van der Waals surface area contributed by atoms with Crippen LogP contribution in [-0.2, 0) is 0 Å². The van der Waals surface area contributed by atoms with E-state index in [0.29, 0.717) is 0 Å². The maximum Gasteiger partial charge on any atom is 0.104 e. The Morgan fingerprint density at radius 1 is 1.35 bits per heavy atom. The molecule has 1 saturated heterocycles. The maximum atomic E-state index is 9.51. The van der Waals surface area contributed by atoms with Gasteiger partial charge in [0.15, 0.2) is 0 Å². The Labute approximate surface area is 100 Å². The number of piperidine rings is 1. The summed E-state index contributed by atoms with van der Waals surface area (Å²) in [5.41, 5.74) is 3.32. The number of aromatic amines is 1. The zero-order valence-corrected chi connectivity index (χ0v) is 9.98. The van der Waals surface area contributed by atoms with Crippen LogP contribution in [0.2, 0.25) is 0 Å². The van der Waals surface area contributed by atoms with Crippen molar-refractivity contribution in [2.45, 2.75) is 25.9 Å². The van der Waals surface area contributed by atoms with E-state index in [1.807, 2.05) is 6.92 Å². The number of hydrogen-bond donors (Lipinski definition) is 2. The van der Waals surface area contributed by atoms with Gasteiger partial charge >= 0.3 is 0 Å². The third kappa shape index (κ3) is 2.00. The van der Waals surface area contributed by atoms with Crippen molar-refractivity contribution in [3.8, 4) is 0 Å². The topological polar surface area (TPSA) is 52.1 Å². The van der Waals surface area contributed by atoms with Crippen molar-refractivity contribution >= 4 is 16.7 Å². The number of anilines is 1. The van der Waals surface area contributed by atoms with Crippen LogP contribution in [0.15, 0.2) is 18.2 Å². The first-order valence-corrected chi connectivity index (χ1v) is 6.12. The normalized spacial score (nSPS) is 17.9. The summed E-state index contributed by atoms with van der Waals surface area (Å²) in [6.45, 7) is 3.83. The van der Waals surface area contributed by atoms with E-state index in [4.69, 9.17) is 0 Å². The lowest BCUT2D eigenvalue weighted by molar-refractivity contribution is 0.145. The summed E-state index contributed by atoms with van der Waals surface area (Å²) >= 11 is 0. The zero-order chi connectivity index (χ0) is 11.8. The second kappa shape index (κ2) is 4.04. The summed E-state index contributed by atoms with van der Waals surface area (Å²) in [6.07, 6.45) is 1.60. The smallest absolute Gasteiger partial charge is 0.104 e. The molecule has 90 valence electrons. The molecule has 2 N–H and O–H groups in total. The second-order valence-electron chi connectivity index (χ2n) is 4.74. The molecule has 4 nitrogen and oxygen atoms in total. The van der Waals surface area contributed by atoms with Crippen molar-refractivity contribution in [3.05, 3.63) is 24.0 Å². The van der Waals surface area contributed by atoms with Crippen molar-refractivity contribution in [1.29, 1.82) is 0 Å². The fourth-order valence-corrected chi connectivity index (χ4v) is 2.45. The molecular weight excluding hydrogens is 214 g/mol. The standard InChI is InChI=1S/C13H17N3O/c1-9-14-12-3-2-10(8-13(12)15-9)16-6-4-11(17)5-7-16/h2-3,8,11,17H,4-7H2,1H3,(H,14,15). The van der Waals surface area contributed by atoms with Gasteiger partial charge in [-0.2, -0.15) is 0 Å². The molecule has 0 radical (unpaired) electrons. The highest BCUT2D eigenvalue weighted by molar-refractivity contribution is 5.79. The average Bonchev–Trinajstić information content (AvgIpc) is 2.69. The van der Waals surface area contributed by atoms with Crippen LogP contribution in [0.1, 0.15) is 18.7 Å². The number of benzene rings is 1. The lowest BCUT2D eigenvalue weighted by Crippen LogP contribution is -2.35. The summed E-state index contributed by atoms with van der Waals surface area (Å²) in [5, 5.41) is 9.51. The molecule has 1 aromatic heterocycles. The number of nitrogens with zero attached hydrogens (tertiary/aromatic N) is 2. The molecule has 2 aromatic rings. The largest absolute Gasteiger partial charge is 0.393 e. The van der Waals surface area contributed by atoms with Gasteiger partial charge in [0, 0.05) is 18.8 Å². The van der Waals surface area contributed by atoms with Gasteiger partial charge in [-0.1, -0.05) is 0 Å². The first-order chi connectivity index (χ1) is 8.22. The molecule has 1 aliphatic heterocycles. The number of imidazole rings is 1. The SMILES string of the molecule is Cc1nc2ccc(N3CCC(O)CC3)cc2[nH]1. The predicted octanol–water partition coefficient (Wildman–Crippen LogP) is 1.83. The molecule has 0 spiro atoms. The Morgan fingerprint density at radius 3 is 2.88 bits per heavy atom. The van der Waals surface area contributed by atoms with Crippen molar-refractivity contribution in [1.82, 2.24) is 9.97 Å². The molecule has 0 saturated carbocycles. The summed E-state index contributed by atoms with van der Waals surface area (Å²) < 4.78 is 0. The van der Waals surface area contributed by atoms with Crippen molar-refractivity contribution in [2.24, 2.45) is 0 Å². The van der Waals surface area contributed by atoms with E-state index in [0.717, 1.165) is 42.8 Å². The zero-order valence-electron chi connectivity index (χ0n) is 9.98. The van der Waals surface area contributed by atoms with Crippen LogP contribution in [0, 0.1) is 6.92 Å². The highest BCUT2D eigenvalue weighted by atomic mass is 16.3. The fourth-order valence-electron chi connectivity index (χ4n) is 2.45. The summed E-state index contributed by atoms with van der Waals surface area (Å²) in [5.74, 6) is 0.950. The van der Waals surface area contributed by atoms with Gasteiger partial charge in [-0.15, -0.1) is 0 Å². The Bertz CT molecular complexity index is 526. The summed E-state index contributed by atoms with van der Waals surface area (Å²) in [7, 11) is 0. The third-order valence-corrected chi connectivity index (χ3v) is 3.41. The van der Waals surface area contributed by atoms with Gasteiger partial charge in [-0.3, -0.25) is 0 Å². The van der Waals surface area contributed by atoms with Gasteiger partial charge in [0.05, 0.1) is 17.1 Å². The first kappa shape index (κ1) is 10.6. The number of hydrogen-bond acceptors (Lipinski definition) is 3. The highest BCUT2D eigenvalue weighted by Crippen LogP contribution is 2.23. The lowest BCUT2D eigenvalue weighted by atomic mass is 10.1. The van der Waals surface area contributed by atoms with Crippen LogP contribution < -0.4 is 4.90 Å². The molecule has 1 aliphatic rings. The van der Waals surface area contributed by atoms with E-state index in [1.165, 1.54) is 5.69 Å². The van der Waals surface area contributed by atoms with Crippen LogP contribution in [0.3, 0.4) is 0 Å². The lowest BCUT2D eigenvalue weighted by Gasteiger charge is -2.31. The van der Waals surface area contributed by atoms with E-state index < -0.39 is 0 Å². The van der Waals surface area contributed by atoms with Crippen molar-refractivity contribution in [3.63, 3.8) is 0 Å². The number of H-pyrrole nitrogens is 1. The Balaban J connectivity index is 1.89. The number of nitrogens with one attached hydrogen (secondary N) is 1. The number of aliphatic hydroxyl groups excluding tert-OH is 1. The molecule has 4 heteroatoms. The van der Waals surface area contributed by atoms with E-state index in [1.54, 1.807) is 0 Å². The van der Waals surface area contributed by atoms with Crippen molar-refractivity contribution in [2.75, 3.05) is 18.0 Å². The van der Waals surface area contributed by atoms with Gasteiger partial charge in [0.1, 0.15) is 5.82 Å². The Hall–Kier alpha value is -1.55. The quantitative estimate of drug-likeness (QED) is 0.787. The van der Waals surface area contributed by atoms with E-state index in [-0.39, 0.29) is 6.10 Å². The number of aromatic nitrogens is 2. The molecule has 2 heterocycles. The van der Waals surface area contributed by atoms with Crippen LogP contribution in [0.4, 0.5) is 5.69 Å². The highest BCUT2D eigenvalue weighted by Gasteiger charge is 2.17. The Morgan fingerprint density at radius 2 is 2.12 bits per heavy atom. The molecule has 0 amide bonds. The molecule has 0 bridgehead atoms. The van der Waals surface area contributed by atoms with Gasteiger partial charge in [0.2, 0.25) is 0 Å². The number of aliphatic hydroxyl groups is 1. The maximum absolute atomic E-state index is 9.51. The van der Waals surface area contributed by atoms with Gasteiger partial charge < -0.3 is 15.0 Å². The van der Waals surface area contributed by atoms with E-state index >= 15 is 0 Å². The second-order valence-corrected chi connectivity index (χ2v) is 4.74. The van der Waals surface area contributed by atoms with Gasteiger partial charge in [0.25, 0.3) is 0 Å². The molecular formula is C13H17N3O. The summed E-state index contributed by atoms with van der Waals surface area (Å²) in [4.78, 5) is 9.98. The molecule has 1 fully saturated rings. The Kier molecular flexibility index (Phi) is 2.52. The van der Waals surface area contributed by atoms with Crippen LogP contribution >= 0.6 is 0 Å². The van der Waals surface area contributed by atoms with Crippen molar-refractivity contribution < 1.29 is 5.11 Å². The van der Waals surface area contributed by atoms with Gasteiger partial charge in [-0.25, -0.2) is 4.98 Å². The molecule has 3 rings (SSSR count). The molecule has 1 aromatic carbocycles. The molecule has 0 unspecified atom stereocenters. The number of rotatable bonds is 1. The van der Waals surface area contributed by atoms with Crippen LogP contribution in [0.25, 0.3) is 11.0 Å². The average molecular weight is 231 g/mol. The van der Waals surface area contributed by atoms with Crippen LogP contribution in [0.5, 0.6) is 0 Å². The molecule has 17 heavy (non-hydrogen) atoms. The minimum absolute atomic E-state index is 0.121. The molecule has 0 aliphatic carbocycles. The van der Waals surface area contributed by atoms with E-state index in [2.05, 4.69) is 33.1 Å². The van der Waals surface area contributed by atoms with E-state index in [9.17, 15) is 5.11 Å². The third-order valence-electron chi connectivity index (χ3n) is 3.41. The summed E-state index contributed by atoms with van der Waals surface area (Å²) in [6, 6.07) is 6.31. The fraction of sp³-hybridized carbons (Fsp3) is 0.462. The first-order valence-electron chi connectivity index (χ1n) is 6.12. The minimum Gasteiger partial charge on any atom is -0.393 e. The predicted molar refractivity (Wildman–Crippen MR) is 68.3 cm³/mol. The van der Waals surface area contributed by atoms with Gasteiger partial charge in [-0.05, 0) is 38.0 Å². The number of fused-ring (bicyclic) bond motifs is 1. The molecule has 0 atom stereocenters. The van der Waals surface area contributed by atoms with Crippen LogP contribution in [-0.4, -0.2) is 34.3 Å². The minimum atomic E-state index is -0.121. The monoisotopic (exact) mass is 231 g/mol.